The highest BCUT2D eigenvalue weighted by Gasteiger charge is 2.43. The van der Waals surface area contributed by atoms with Crippen LogP contribution in [0.3, 0.4) is 0 Å². The van der Waals surface area contributed by atoms with E-state index in [1.807, 2.05) is 0 Å². The molecular weight excluding hydrogens is 172 g/mol. The number of hydrogen-bond acceptors (Lipinski definition) is 4. The second-order valence-electron chi connectivity index (χ2n) is 2.73. The van der Waals surface area contributed by atoms with Crippen molar-refractivity contribution in [2.24, 2.45) is 5.73 Å². The molecule has 12 heavy (non-hydrogen) atoms. The third-order valence-corrected chi connectivity index (χ3v) is 1.87. The van der Waals surface area contributed by atoms with Crippen LogP contribution in [0, 0.1) is 0 Å². The highest BCUT2D eigenvalue weighted by molar-refractivity contribution is 4.90. The maximum Gasteiger partial charge on any atom is 0.173 e. The standard InChI is InChI=1S/C6H11F2NO3/c7-1-2-3(8)5(10)4(9)6(11)12-2/h2-6,10-11H,1,9H2. The lowest BCUT2D eigenvalue weighted by Gasteiger charge is -2.36. The normalized spacial score (nSPS) is 49.2. The Labute approximate surface area is 67.9 Å². The number of nitrogens with two attached hydrogens (primary N) is 1. The molecule has 4 nitrogen and oxygen atoms in total. The Morgan fingerprint density at radius 3 is 2.50 bits per heavy atom. The van der Waals surface area contributed by atoms with E-state index in [-0.39, 0.29) is 0 Å². The molecule has 0 aromatic rings. The first kappa shape index (κ1) is 9.79. The van der Waals surface area contributed by atoms with Gasteiger partial charge >= 0.3 is 0 Å². The molecular formula is C6H11F2NO3. The number of halogens is 2. The molecule has 0 saturated carbocycles. The predicted octanol–water partition coefficient (Wildman–Crippen LogP) is -1.30. The number of aliphatic hydroxyl groups is 2. The first-order chi connectivity index (χ1) is 5.57. The Kier molecular flexibility index (Phi) is 2.94. The van der Waals surface area contributed by atoms with Crippen molar-refractivity contribution in [3.8, 4) is 0 Å². The SMILES string of the molecule is NC1C(O)OC(CF)C(F)C1O. The van der Waals surface area contributed by atoms with Crippen LogP contribution in [0.5, 0.6) is 0 Å². The number of hydrogen-bond donors (Lipinski definition) is 3. The Hall–Kier alpha value is -0.300. The van der Waals surface area contributed by atoms with Crippen LogP contribution < -0.4 is 5.73 Å². The van der Waals surface area contributed by atoms with Gasteiger partial charge in [0, 0.05) is 0 Å². The van der Waals surface area contributed by atoms with Crippen LogP contribution in [0.25, 0.3) is 0 Å². The van der Waals surface area contributed by atoms with Gasteiger partial charge in [0.05, 0.1) is 6.04 Å². The molecule has 5 unspecified atom stereocenters. The van der Waals surface area contributed by atoms with E-state index in [1.165, 1.54) is 0 Å². The van der Waals surface area contributed by atoms with Crippen LogP contribution in [-0.2, 0) is 4.74 Å². The lowest BCUT2D eigenvalue weighted by atomic mass is 9.99. The molecule has 1 heterocycles. The Bertz CT molecular complexity index is 155. The fourth-order valence-electron chi connectivity index (χ4n) is 1.07. The predicted molar refractivity (Wildman–Crippen MR) is 35.7 cm³/mol. The summed E-state index contributed by atoms with van der Waals surface area (Å²) < 4.78 is 29.3. The van der Waals surface area contributed by atoms with E-state index in [4.69, 9.17) is 15.9 Å². The van der Waals surface area contributed by atoms with Gasteiger partial charge in [-0.25, -0.2) is 8.78 Å². The fraction of sp³-hybridized carbons (Fsp3) is 1.00. The molecule has 72 valence electrons. The van der Waals surface area contributed by atoms with Crippen molar-refractivity contribution in [3.05, 3.63) is 0 Å². The van der Waals surface area contributed by atoms with Gasteiger partial charge in [0.2, 0.25) is 0 Å². The van der Waals surface area contributed by atoms with E-state index in [9.17, 15) is 8.78 Å². The van der Waals surface area contributed by atoms with Gasteiger partial charge in [0.1, 0.15) is 18.9 Å². The van der Waals surface area contributed by atoms with Crippen LogP contribution in [0.4, 0.5) is 8.78 Å². The van der Waals surface area contributed by atoms with Crippen molar-refractivity contribution in [1.82, 2.24) is 0 Å². The van der Waals surface area contributed by atoms with Crippen LogP contribution >= 0.6 is 0 Å². The van der Waals surface area contributed by atoms with Crippen molar-refractivity contribution < 1.29 is 23.7 Å². The van der Waals surface area contributed by atoms with Crippen molar-refractivity contribution in [2.75, 3.05) is 6.67 Å². The zero-order valence-electron chi connectivity index (χ0n) is 6.23. The summed E-state index contributed by atoms with van der Waals surface area (Å²) >= 11 is 0. The van der Waals surface area contributed by atoms with Crippen LogP contribution in [-0.4, -0.2) is 47.6 Å². The molecule has 1 fully saturated rings. The quantitative estimate of drug-likeness (QED) is 0.472. The smallest absolute Gasteiger partial charge is 0.173 e. The molecule has 0 bridgehead atoms. The molecule has 6 heteroatoms. The second kappa shape index (κ2) is 3.61. The molecule has 5 atom stereocenters. The third-order valence-electron chi connectivity index (χ3n) is 1.87. The molecule has 1 aliphatic heterocycles. The Morgan fingerprint density at radius 1 is 1.42 bits per heavy atom. The maximum atomic E-state index is 12.9. The van der Waals surface area contributed by atoms with Crippen molar-refractivity contribution >= 4 is 0 Å². The Morgan fingerprint density at radius 2 is 2.00 bits per heavy atom. The highest BCUT2D eigenvalue weighted by Crippen LogP contribution is 2.21. The summed E-state index contributed by atoms with van der Waals surface area (Å²) in [5, 5.41) is 17.9. The average molecular weight is 183 g/mol. The summed E-state index contributed by atoms with van der Waals surface area (Å²) in [5.74, 6) is 0. The molecule has 0 aromatic heterocycles. The molecule has 0 aromatic carbocycles. The Balaban J connectivity index is 2.63. The third kappa shape index (κ3) is 1.56. The summed E-state index contributed by atoms with van der Waals surface area (Å²) in [6.45, 7) is -1.10. The topological polar surface area (TPSA) is 75.7 Å². The first-order valence-corrected chi connectivity index (χ1v) is 3.55. The summed E-state index contributed by atoms with van der Waals surface area (Å²) in [6, 6.07) is -1.22. The summed E-state index contributed by atoms with van der Waals surface area (Å²) in [4.78, 5) is 0. The zero-order valence-corrected chi connectivity index (χ0v) is 6.23. The van der Waals surface area contributed by atoms with Gasteiger partial charge in [0.15, 0.2) is 12.5 Å². The van der Waals surface area contributed by atoms with Gasteiger partial charge in [0.25, 0.3) is 0 Å². The lowest BCUT2D eigenvalue weighted by molar-refractivity contribution is -0.230. The first-order valence-electron chi connectivity index (χ1n) is 3.55. The van der Waals surface area contributed by atoms with Gasteiger partial charge < -0.3 is 20.7 Å². The van der Waals surface area contributed by atoms with Gasteiger partial charge in [-0.05, 0) is 0 Å². The van der Waals surface area contributed by atoms with E-state index < -0.39 is 37.4 Å². The van der Waals surface area contributed by atoms with Gasteiger partial charge in [-0.3, -0.25) is 0 Å². The lowest BCUT2D eigenvalue weighted by Crippen LogP contribution is -2.60. The minimum absolute atomic E-state index is 1.10. The van der Waals surface area contributed by atoms with Gasteiger partial charge in [-0.1, -0.05) is 0 Å². The molecule has 1 aliphatic rings. The number of aliphatic hydroxyl groups excluding tert-OH is 2. The minimum Gasteiger partial charge on any atom is -0.388 e. The molecule has 0 spiro atoms. The summed E-state index contributed by atoms with van der Waals surface area (Å²) in [6.07, 6.45) is -6.38. The molecule has 1 saturated heterocycles. The number of ether oxygens (including phenoxy) is 1. The van der Waals surface area contributed by atoms with E-state index in [1.54, 1.807) is 0 Å². The van der Waals surface area contributed by atoms with E-state index in [2.05, 4.69) is 4.74 Å². The van der Waals surface area contributed by atoms with Crippen LogP contribution in [0.1, 0.15) is 0 Å². The monoisotopic (exact) mass is 183 g/mol. The van der Waals surface area contributed by atoms with Crippen molar-refractivity contribution in [2.45, 2.75) is 30.7 Å². The molecule has 1 rings (SSSR count). The van der Waals surface area contributed by atoms with Crippen molar-refractivity contribution in [3.63, 3.8) is 0 Å². The summed E-state index contributed by atoms with van der Waals surface area (Å²) in [7, 11) is 0. The van der Waals surface area contributed by atoms with Gasteiger partial charge in [-0.15, -0.1) is 0 Å². The van der Waals surface area contributed by atoms with Crippen molar-refractivity contribution in [1.29, 1.82) is 0 Å². The van der Waals surface area contributed by atoms with E-state index in [0.717, 1.165) is 0 Å². The second-order valence-corrected chi connectivity index (χ2v) is 2.73. The number of alkyl halides is 2. The zero-order chi connectivity index (χ0) is 9.30. The van der Waals surface area contributed by atoms with Crippen LogP contribution in [0.15, 0.2) is 0 Å². The number of rotatable bonds is 1. The average Bonchev–Trinajstić information content (AvgIpc) is 2.08. The van der Waals surface area contributed by atoms with E-state index in [0.29, 0.717) is 0 Å². The fourth-order valence-corrected chi connectivity index (χ4v) is 1.07. The maximum absolute atomic E-state index is 12.9. The summed E-state index contributed by atoms with van der Waals surface area (Å²) in [5.41, 5.74) is 5.14. The molecule has 4 N–H and O–H groups in total. The molecule has 0 radical (unpaired) electrons. The minimum atomic E-state index is -1.88. The van der Waals surface area contributed by atoms with Gasteiger partial charge in [-0.2, -0.15) is 0 Å². The highest BCUT2D eigenvalue weighted by atomic mass is 19.1. The van der Waals surface area contributed by atoms with Crippen LogP contribution in [0.2, 0.25) is 0 Å². The molecule has 0 amide bonds. The largest absolute Gasteiger partial charge is 0.388 e. The molecule has 0 aliphatic carbocycles. The van der Waals surface area contributed by atoms with E-state index >= 15 is 0 Å².